The summed E-state index contributed by atoms with van der Waals surface area (Å²) >= 11 is 0. The second-order valence-electron chi connectivity index (χ2n) is 5.46. The van der Waals surface area contributed by atoms with Crippen molar-refractivity contribution in [3.8, 4) is 0 Å². The van der Waals surface area contributed by atoms with Crippen LogP contribution in [0.15, 0.2) is 4.99 Å². The van der Waals surface area contributed by atoms with Crippen LogP contribution < -0.4 is 0 Å². The third-order valence-corrected chi connectivity index (χ3v) is 9.31. The molecule has 1 rings (SSSR count). The number of rotatable bonds is 7. The summed E-state index contributed by atoms with van der Waals surface area (Å²) in [5.74, 6) is 0. The Balaban J connectivity index is 2.64. The minimum absolute atomic E-state index is 0.0783. The van der Waals surface area contributed by atoms with Gasteiger partial charge in [-0.1, -0.05) is 27.2 Å². The summed E-state index contributed by atoms with van der Waals surface area (Å²) in [6, 6.07) is 3.80. The molecule has 0 aliphatic carbocycles. The molecule has 0 aromatic rings. The molecule has 1 aliphatic rings. The maximum atomic E-state index is 10.1. The lowest BCUT2D eigenvalue weighted by atomic mass is 9.90. The van der Waals surface area contributed by atoms with E-state index in [0.29, 0.717) is 6.54 Å². The van der Waals surface area contributed by atoms with Gasteiger partial charge in [0.2, 0.25) is 6.08 Å². The monoisotopic (exact) mass is 269 g/mol. The van der Waals surface area contributed by atoms with E-state index in [4.69, 9.17) is 4.43 Å². The molecule has 1 heterocycles. The Morgan fingerprint density at radius 2 is 2.06 bits per heavy atom. The quantitative estimate of drug-likeness (QED) is 0.303. The van der Waals surface area contributed by atoms with Gasteiger partial charge < -0.3 is 4.43 Å². The minimum Gasteiger partial charge on any atom is -0.411 e. The molecule has 0 saturated carbocycles. The summed E-state index contributed by atoms with van der Waals surface area (Å²) in [7, 11) is -1.46. The van der Waals surface area contributed by atoms with Crippen LogP contribution in [0.5, 0.6) is 0 Å². The zero-order valence-electron chi connectivity index (χ0n) is 12.1. The normalized spacial score (nSPS) is 26.6. The molecule has 1 atom stereocenters. The summed E-state index contributed by atoms with van der Waals surface area (Å²) in [6.07, 6.45) is 7.20. The molecule has 1 saturated heterocycles. The molecule has 0 N–H and O–H groups in total. The van der Waals surface area contributed by atoms with Crippen LogP contribution in [-0.4, -0.2) is 26.5 Å². The SMILES string of the molecule is CCC1(CCCN=C=O)CCC[Si](CC)(CC)O1. The molecule has 0 aromatic carbocycles. The Hall–Kier alpha value is -0.443. The van der Waals surface area contributed by atoms with Gasteiger partial charge >= 0.3 is 0 Å². The standard InChI is InChI=1S/C14H27NO2Si/c1-4-14(9-7-11-15-13-16)10-8-12-18(5-2,6-3)17-14/h4-12H2,1-3H3. The van der Waals surface area contributed by atoms with Crippen molar-refractivity contribution >= 4 is 14.4 Å². The smallest absolute Gasteiger partial charge is 0.234 e. The van der Waals surface area contributed by atoms with Crippen molar-refractivity contribution in [3.05, 3.63) is 0 Å². The van der Waals surface area contributed by atoms with Crippen LogP contribution in [-0.2, 0) is 9.22 Å². The van der Waals surface area contributed by atoms with Gasteiger partial charge in [0, 0.05) is 0 Å². The summed E-state index contributed by atoms with van der Waals surface area (Å²) < 4.78 is 6.69. The van der Waals surface area contributed by atoms with Crippen LogP contribution in [0.25, 0.3) is 0 Å². The van der Waals surface area contributed by atoms with Crippen LogP contribution in [0, 0.1) is 0 Å². The molecule has 0 aromatic heterocycles. The molecular formula is C14H27NO2Si. The molecule has 0 bridgehead atoms. The van der Waals surface area contributed by atoms with Crippen molar-refractivity contribution in [3.63, 3.8) is 0 Å². The lowest BCUT2D eigenvalue weighted by Gasteiger charge is -2.47. The van der Waals surface area contributed by atoms with Crippen molar-refractivity contribution in [2.45, 2.75) is 76.6 Å². The van der Waals surface area contributed by atoms with Gasteiger partial charge in [-0.25, -0.2) is 9.79 Å². The molecule has 0 radical (unpaired) electrons. The third-order valence-electron chi connectivity index (χ3n) is 4.60. The van der Waals surface area contributed by atoms with E-state index < -0.39 is 8.32 Å². The van der Waals surface area contributed by atoms with Crippen LogP contribution >= 0.6 is 0 Å². The van der Waals surface area contributed by atoms with Gasteiger partial charge in [-0.05, 0) is 43.8 Å². The van der Waals surface area contributed by atoms with Gasteiger partial charge in [0.25, 0.3) is 0 Å². The maximum absolute atomic E-state index is 10.1. The van der Waals surface area contributed by atoms with Crippen LogP contribution in [0.1, 0.15) is 52.9 Å². The van der Waals surface area contributed by atoms with Crippen LogP contribution in [0.3, 0.4) is 0 Å². The Labute approximate surface area is 112 Å². The summed E-state index contributed by atoms with van der Waals surface area (Å²) in [4.78, 5) is 13.7. The molecule has 18 heavy (non-hydrogen) atoms. The van der Waals surface area contributed by atoms with E-state index in [0.717, 1.165) is 19.3 Å². The zero-order valence-corrected chi connectivity index (χ0v) is 13.1. The lowest BCUT2D eigenvalue weighted by Crippen LogP contribution is -2.51. The number of nitrogens with zero attached hydrogens (tertiary/aromatic N) is 1. The van der Waals surface area contributed by atoms with E-state index >= 15 is 0 Å². The highest BCUT2D eigenvalue weighted by Crippen LogP contribution is 2.42. The van der Waals surface area contributed by atoms with Gasteiger partial charge in [0.1, 0.15) is 0 Å². The Morgan fingerprint density at radius 1 is 1.33 bits per heavy atom. The molecule has 1 aliphatic heterocycles. The Bertz CT molecular complexity index is 298. The van der Waals surface area contributed by atoms with Crippen molar-refractivity contribution in [2.75, 3.05) is 6.54 Å². The first-order valence-corrected chi connectivity index (χ1v) is 9.92. The summed E-state index contributed by atoms with van der Waals surface area (Å²) in [6.45, 7) is 7.41. The fourth-order valence-corrected chi connectivity index (χ4v) is 6.86. The highest BCUT2D eigenvalue weighted by molar-refractivity contribution is 6.73. The Morgan fingerprint density at radius 3 is 2.61 bits per heavy atom. The predicted molar refractivity (Wildman–Crippen MR) is 77.1 cm³/mol. The first-order valence-electron chi connectivity index (χ1n) is 7.39. The molecule has 1 unspecified atom stereocenters. The second-order valence-corrected chi connectivity index (χ2v) is 9.94. The number of carbonyl (C=O) groups excluding carboxylic acids is 1. The van der Waals surface area contributed by atoms with E-state index in [-0.39, 0.29) is 5.60 Å². The highest BCUT2D eigenvalue weighted by atomic mass is 28.4. The number of hydrogen-bond acceptors (Lipinski definition) is 3. The van der Waals surface area contributed by atoms with Crippen LogP contribution in [0.2, 0.25) is 18.1 Å². The van der Waals surface area contributed by atoms with Crippen LogP contribution in [0.4, 0.5) is 0 Å². The average molecular weight is 269 g/mol. The largest absolute Gasteiger partial charge is 0.411 e. The third kappa shape index (κ3) is 3.77. The Kier molecular flexibility index (Phi) is 6.26. The first-order chi connectivity index (χ1) is 8.66. The molecule has 4 heteroatoms. The van der Waals surface area contributed by atoms with Gasteiger partial charge in [-0.15, -0.1) is 0 Å². The van der Waals surface area contributed by atoms with E-state index in [1.165, 1.54) is 31.0 Å². The lowest BCUT2D eigenvalue weighted by molar-refractivity contribution is 0.0178. The second kappa shape index (κ2) is 7.22. The van der Waals surface area contributed by atoms with Gasteiger partial charge in [0.15, 0.2) is 8.32 Å². The number of aliphatic imine (C=N–C) groups is 1. The van der Waals surface area contributed by atoms with E-state index in [1.807, 2.05) is 0 Å². The van der Waals surface area contributed by atoms with E-state index in [2.05, 4.69) is 25.8 Å². The number of hydrogen-bond donors (Lipinski definition) is 0. The fourth-order valence-electron chi connectivity index (χ4n) is 3.17. The molecule has 0 spiro atoms. The molecule has 104 valence electrons. The summed E-state index contributed by atoms with van der Waals surface area (Å²) in [5, 5.41) is 0. The summed E-state index contributed by atoms with van der Waals surface area (Å²) in [5.41, 5.74) is 0.0783. The fraction of sp³-hybridized carbons (Fsp3) is 0.929. The molecule has 0 amide bonds. The van der Waals surface area contributed by atoms with Gasteiger partial charge in [0.05, 0.1) is 12.1 Å². The maximum Gasteiger partial charge on any atom is 0.234 e. The minimum atomic E-state index is -1.46. The average Bonchev–Trinajstić information content (AvgIpc) is 2.44. The predicted octanol–water partition coefficient (Wildman–Crippen LogP) is 4.05. The van der Waals surface area contributed by atoms with Gasteiger partial charge in [-0.3, -0.25) is 0 Å². The van der Waals surface area contributed by atoms with Crippen molar-refractivity contribution in [1.82, 2.24) is 0 Å². The zero-order chi connectivity index (χ0) is 13.5. The number of isocyanates is 1. The van der Waals surface area contributed by atoms with Crippen molar-refractivity contribution in [2.24, 2.45) is 4.99 Å². The highest BCUT2D eigenvalue weighted by Gasteiger charge is 2.43. The topological polar surface area (TPSA) is 38.7 Å². The van der Waals surface area contributed by atoms with Gasteiger partial charge in [-0.2, -0.15) is 0 Å². The molecule has 3 nitrogen and oxygen atoms in total. The van der Waals surface area contributed by atoms with Crippen molar-refractivity contribution < 1.29 is 9.22 Å². The first kappa shape index (κ1) is 15.6. The van der Waals surface area contributed by atoms with E-state index in [9.17, 15) is 4.79 Å². The molecular weight excluding hydrogens is 242 g/mol. The molecule has 1 fully saturated rings. The van der Waals surface area contributed by atoms with Crippen molar-refractivity contribution in [1.29, 1.82) is 0 Å². The van der Waals surface area contributed by atoms with E-state index in [1.54, 1.807) is 6.08 Å².